The van der Waals surface area contributed by atoms with E-state index < -0.39 is 0 Å². The topological polar surface area (TPSA) is 52.8 Å². The van der Waals surface area contributed by atoms with Crippen LogP contribution in [0.2, 0.25) is 0 Å². The monoisotopic (exact) mass is 556 g/mol. The molecule has 6 rings (SSSR count). The zero-order valence-electron chi connectivity index (χ0n) is 19.7. The molecule has 0 N–H and O–H groups in total. The largest absolute Gasteiger partial charge is 0.376 e. The number of fused-ring (bicyclic) bond motifs is 1. The van der Waals surface area contributed by atoms with Gasteiger partial charge in [-0.2, -0.15) is 0 Å². The molecule has 0 radical (unpaired) electrons. The third kappa shape index (κ3) is 4.96. The molecule has 1 atom stereocenters. The van der Waals surface area contributed by atoms with Crippen molar-refractivity contribution in [1.82, 2.24) is 19.7 Å². The fourth-order valence-corrected chi connectivity index (χ4v) is 5.98. The Labute approximate surface area is 223 Å². The summed E-state index contributed by atoms with van der Waals surface area (Å²) in [5.74, 6) is 1.67. The molecule has 180 valence electrons. The fourth-order valence-electron chi connectivity index (χ4n) is 4.64. The van der Waals surface area contributed by atoms with E-state index in [0.29, 0.717) is 0 Å². The highest BCUT2D eigenvalue weighted by atomic mass is 79.9. The predicted octanol–water partition coefficient (Wildman–Crippen LogP) is 7.39. The molecule has 1 fully saturated rings. The molecular formula is C29H25BrN4OS. The van der Waals surface area contributed by atoms with Gasteiger partial charge >= 0.3 is 0 Å². The molecule has 0 aliphatic carbocycles. The van der Waals surface area contributed by atoms with Crippen LogP contribution in [0.4, 0.5) is 0 Å². The Balaban J connectivity index is 1.45. The minimum atomic E-state index is 0.173. The Morgan fingerprint density at radius 1 is 0.944 bits per heavy atom. The first kappa shape index (κ1) is 23.4. The van der Waals surface area contributed by atoms with Crippen LogP contribution in [0.25, 0.3) is 33.5 Å². The number of aromatic nitrogens is 4. The summed E-state index contributed by atoms with van der Waals surface area (Å²) < 4.78 is 9.35. The maximum Gasteiger partial charge on any atom is 0.191 e. The number of ether oxygens (including phenoxy) is 1. The molecular weight excluding hydrogens is 532 g/mol. The number of halogens is 1. The number of hydrogen-bond donors (Lipinski definition) is 0. The highest BCUT2D eigenvalue weighted by molar-refractivity contribution is 9.10. The van der Waals surface area contributed by atoms with Crippen molar-refractivity contribution >= 4 is 38.6 Å². The van der Waals surface area contributed by atoms with E-state index in [1.54, 1.807) is 11.8 Å². The van der Waals surface area contributed by atoms with Crippen molar-refractivity contribution in [3.63, 3.8) is 0 Å². The van der Waals surface area contributed by atoms with Gasteiger partial charge in [-0.05, 0) is 42.7 Å². The zero-order valence-corrected chi connectivity index (χ0v) is 22.1. The Morgan fingerprint density at radius 2 is 1.81 bits per heavy atom. The number of pyridine rings is 1. The van der Waals surface area contributed by atoms with Gasteiger partial charge in [0.25, 0.3) is 0 Å². The van der Waals surface area contributed by atoms with Crippen molar-refractivity contribution in [3.05, 3.63) is 95.0 Å². The average molecular weight is 558 g/mol. The van der Waals surface area contributed by atoms with E-state index in [4.69, 9.17) is 14.8 Å². The summed E-state index contributed by atoms with van der Waals surface area (Å²) in [6.45, 7) is 1.56. The lowest BCUT2D eigenvalue weighted by Crippen LogP contribution is -2.16. The maximum absolute atomic E-state index is 6.03. The molecule has 3 heterocycles. The Bertz CT molecular complexity index is 1500. The number of hydrogen-bond acceptors (Lipinski definition) is 5. The fraction of sp³-hybridized carbons (Fsp3) is 0.207. The van der Waals surface area contributed by atoms with Crippen LogP contribution in [0.3, 0.4) is 0 Å². The molecule has 1 aliphatic rings. The number of rotatable bonds is 7. The molecule has 0 amide bonds. The van der Waals surface area contributed by atoms with E-state index in [2.05, 4.69) is 80.2 Å². The second-order valence-corrected chi connectivity index (χ2v) is 10.8. The molecule has 1 unspecified atom stereocenters. The van der Waals surface area contributed by atoms with Crippen molar-refractivity contribution in [3.8, 4) is 22.6 Å². The summed E-state index contributed by atoms with van der Waals surface area (Å²) in [6, 6.07) is 29.1. The summed E-state index contributed by atoms with van der Waals surface area (Å²) >= 11 is 5.29. The molecule has 36 heavy (non-hydrogen) atoms. The summed E-state index contributed by atoms with van der Waals surface area (Å²) in [5.41, 5.74) is 5.24. The highest BCUT2D eigenvalue weighted by Crippen LogP contribution is 2.34. The standard InChI is InChI=1S/C29H25BrN4OS/c30-22-11-6-8-20(16-22)19-36-29-33-32-28(34(29)18-23-12-7-15-35-23)25-17-27(21-9-2-1-3-10-21)31-26-14-5-4-13-24(25)26/h1-6,8-11,13-14,16-17,23H,7,12,15,18-19H2. The molecule has 1 saturated heterocycles. The number of para-hydroxylation sites is 1. The number of thioether (sulfide) groups is 1. The van der Waals surface area contributed by atoms with Crippen molar-refractivity contribution in [1.29, 1.82) is 0 Å². The van der Waals surface area contributed by atoms with Crippen LogP contribution in [0, 0.1) is 0 Å². The van der Waals surface area contributed by atoms with Gasteiger partial charge < -0.3 is 4.74 Å². The van der Waals surface area contributed by atoms with Gasteiger partial charge in [-0.15, -0.1) is 10.2 Å². The van der Waals surface area contributed by atoms with E-state index >= 15 is 0 Å². The van der Waals surface area contributed by atoms with Crippen molar-refractivity contribution < 1.29 is 4.74 Å². The van der Waals surface area contributed by atoms with E-state index in [0.717, 1.165) is 74.9 Å². The lowest BCUT2D eigenvalue weighted by molar-refractivity contribution is 0.0953. The summed E-state index contributed by atoms with van der Waals surface area (Å²) in [5, 5.41) is 11.4. The molecule has 5 aromatic rings. The van der Waals surface area contributed by atoms with Crippen LogP contribution in [-0.2, 0) is 17.0 Å². The average Bonchev–Trinajstić information content (AvgIpc) is 3.58. The van der Waals surface area contributed by atoms with Crippen LogP contribution >= 0.6 is 27.7 Å². The van der Waals surface area contributed by atoms with Crippen molar-refractivity contribution in [2.24, 2.45) is 0 Å². The predicted molar refractivity (Wildman–Crippen MR) is 149 cm³/mol. The van der Waals surface area contributed by atoms with E-state index in [-0.39, 0.29) is 6.10 Å². The van der Waals surface area contributed by atoms with Gasteiger partial charge in [0.1, 0.15) is 0 Å². The SMILES string of the molecule is Brc1cccc(CSc2nnc(-c3cc(-c4ccccc4)nc4ccccc34)n2CC2CCCO2)c1. The van der Waals surface area contributed by atoms with Crippen LogP contribution in [0.15, 0.2) is 94.6 Å². The lowest BCUT2D eigenvalue weighted by atomic mass is 10.0. The third-order valence-corrected chi connectivity index (χ3v) is 7.94. The van der Waals surface area contributed by atoms with Gasteiger partial charge in [0.2, 0.25) is 0 Å². The first-order valence-corrected chi connectivity index (χ1v) is 13.9. The first-order chi connectivity index (χ1) is 17.7. The van der Waals surface area contributed by atoms with Crippen LogP contribution in [0.5, 0.6) is 0 Å². The van der Waals surface area contributed by atoms with Gasteiger partial charge in [0, 0.05) is 33.3 Å². The van der Waals surface area contributed by atoms with Gasteiger partial charge in [-0.1, -0.05) is 88.4 Å². The molecule has 0 saturated carbocycles. The van der Waals surface area contributed by atoms with E-state index in [9.17, 15) is 0 Å². The first-order valence-electron chi connectivity index (χ1n) is 12.1. The number of benzene rings is 3. The van der Waals surface area contributed by atoms with Gasteiger partial charge in [0.05, 0.1) is 23.9 Å². The van der Waals surface area contributed by atoms with Crippen LogP contribution in [-0.4, -0.2) is 32.5 Å². The molecule has 2 aromatic heterocycles. The van der Waals surface area contributed by atoms with Gasteiger partial charge in [0.15, 0.2) is 11.0 Å². The van der Waals surface area contributed by atoms with Gasteiger partial charge in [-0.25, -0.2) is 4.98 Å². The third-order valence-electron chi connectivity index (χ3n) is 6.41. The summed E-state index contributed by atoms with van der Waals surface area (Å²) in [6.07, 6.45) is 2.32. The maximum atomic E-state index is 6.03. The molecule has 1 aliphatic heterocycles. The molecule has 5 nitrogen and oxygen atoms in total. The van der Waals surface area contributed by atoms with Gasteiger partial charge in [-0.3, -0.25) is 4.57 Å². The highest BCUT2D eigenvalue weighted by Gasteiger charge is 2.23. The summed E-state index contributed by atoms with van der Waals surface area (Å²) in [4.78, 5) is 4.96. The number of nitrogens with zero attached hydrogens (tertiary/aromatic N) is 4. The zero-order chi connectivity index (χ0) is 24.3. The molecule has 7 heteroatoms. The normalized spacial score (nSPS) is 15.5. The molecule has 0 bridgehead atoms. The second-order valence-electron chi connectivity index (χ2n) is 8.91. The molecule has 0 spiro atoms. The van der Waals surface area contributed by atoms with E-state index in [1.165, 1.54) is 5.56 Å². The quantitative estimate of drug-likeness (QED) is 0.195. The minimum absolute atomic E-state index is 0.173. The summed E-state index contributed by atoms with van der Waals surface area (Å²) in [7, 11) is 0. The lowest BCUT2D eigenvalue weighted by Gasteiger charge is -2.16. The minimum Gasteiger partial charge on any atom is -0.376 e. The van der Waals surface area contributed by atoms with Crippen LogP contribution < -0.4 is 0 Å². The Morgan fingerprint density at radius 3 is 2.64 bits per heavy atom. The Kier molecular flexibility index (Phi) is 6.86. The smallest absolute Gasteiger partial charge is 0.191 e. The molecule has 3 aromatic carbocycles. The van der Waals surface area contributed by atoms with E-state index in [1.807, 2.05) is 30.3 Å². The van der Waals surface area contributed by atoms with Crippen molar-refractivity contribution in [2.75, 3.05) is 6.61 Å². The second kappa shape index (κ2) is 10.5. The van der Waals surface area contributed by atoms with Crippen molar-refractivity contribution in [2.45, 2.75) is 36.4 Å². The van der Waals surface area contributed by atoms with Crippen LogP contribution in [0.1, 0.15) is 18.4 Å². The Hall–Kier alpha value is -3.00.